The van der Waals surface area contributed by atoms with Crippen LogP contribution in [0.2, 0.25) is 5.02 Å². The Morgan fingerprint density at radius 3 is 2.71 bits per heavy atom. The first-order chi connectivity index (χ1) is 8.00. The number of fused-ring (bicyclic) bond motifs is 1. The molecular formula is C13H14ClNO2. The van der Waals surface area contributed by atoms with Gasteiger partial charge < -0.3 is 9.73 Å². The summed E-state index contributed by atoms with van der Waals surface area (Å²) in [6.45, 7) is 5.67. The monoisotopic (exact) mass is 251 g/mol. The van der Waals surface area contributed by atoms with Crippen molar-refractivity contribution in [3.8, 4) is 0 Å². The fourth-order valence-electron chi connectivity index (χ4n) is 1.75. The summed E-state index contributed by atoms with van der Waals surface area (Å²) in [6.07, 6.45) is 0. The molecule has 0 aliphatic rings. The highest BCUT2D eigenvalue weighted by Gasteiger charge is 2.19. The van der Waals surface area contributed by atoms with Crippen LogP contribution >= 0.6 is 11.6 Å². The van der Waals surface area contributed by atoms with Crippen LogP contribution in [-0.2, 0) is 0 Å². The van der Waals surface area contributed by atoms with Crippen LogP contribution in [0, 0.1) is 6.92 Å². The smallest absolute Gasteiger partial charge is 0.287 e. The Labute approximate surface area is 105 Å². The zero-order valence-electron chi connectivity index (χ0n) is 10.0. The highest BCUT2D eigenvalue weighted by Crippen LogP contribution is 2.30. The van der Waals surface area contributed by atoms with Crippen LogP contribution in [0.5, 0.6) is 0 Å². The van der Waals surface area contributed by atoms with E-state index in [1.54, 1.807) is 6.07 Å². The third kappa shape index (κ3) is 2.15. The number of hydrogen-bond donors (Lipinski definition) is 1. The van der Waals surface area contributed by atoms with Crippen LogP contribution in [0.3, 0.4) is 0 Å². The lowest BCUT2D eigenvalue weighted by Crippen LogP contribution is -2.30. The van der Waals surface area contributed by atoms with E-state index in [0.717, 1.165) is 10.9 Å². The Morgan fingerprint density at radius 2 is 2.12 bits per heavy atom. The van der Waals surface area contributed by atoms with E-state index < -0.39 is 0 Å². The van der Waals surface area contributed by atoms with E-state index in [1.807, 2.05) is 32.9 Å². The number of hydrogen-bond acceptors (Lipinski definition) is 2. The van der Waals surface area contributed by atoms with E-state index in [4.69, 9.17) is 16.0 Å². The van der Waals surface area contributed by atoms with Crippen molar-refractivity contribution in [2.75, 3.05) is 0 Å². The normalized spacial score (nSPS) is 11.1. The van der Waals surface area contributed by atoms with Gasteiger partial charge in [-0.2, -0.15) is 0 Å². The molecule has 1 N–H and O–H groups in total. The fourth-order valence-corrected chi connectivity index (χ4v) is 1.97. The number of para-hydroxylation sites is 1. The molecule has 0 saturated carbocycles. The van der Waals surface area contributed by atoms with Crippen LogP contribution in [-0.4, -0.2) is 11.9 Å². The van der Waals surface area contributed by atoms with Gasteiger partial charge in [0.2, 0.25) is 0 Å². The second kappa shape index (κ2) is 4.41. The number of rotatable bonds is 2. The first-order valence-electron chi connectivity index (χ1n) is 5.49. The van der Waals surface area contributed by atoms with Crippen molar-refractivity contribution in [2.45, 2.75) is 26.8 Å². The Bertz CT molecular complexity index is 572. The molecule has 0 aliphatic carbocycles. The standard InChI is InChI=1S/C13H14ClNO2/c1-7(2)15-13(16)11-8(3)9-5-4-6-10(14)12(9)17-11/h4-7H,1-3H3,(H,15,16). The van der Waals surface area contributed by atoms with Crippen molar-refractivity contribution in [3.63, 3.8) is 0 Å². The zero-order chi connectivity index (χ0) is 12.6. The van der Waals surface area contributed by atoms with Gasteiger partial charge in [0.25, 0.3) is 5.91 Å². The molecule has 1 amide bonds. The maximum absolute atomic E-state index is 11.9. The van der Waals surface area contributed by atoms with E-state index >= 15 is 0 Å². The molecular weight excluding hydrogens is 238 g/mol. The summed E-state index contributed by atoms with van der Waals surface area (Å²) in [5, 5.41) is 4.21. The van der Waals surface area contributed by atoms with Gasteiger partial charge in [0.05, 0.1) is 5.02 Å². The minimum atomic E-state index is -0.204. The summed E-state index contributed by atoms with van der Waals surface area (Å²) < 4.78 is 5.55. The van der Waals surface area contributed by atoms with Gasteiger partial charge in [0.15, 0.2) is 11.3 Å². The van der Waals surface area contributed by atoms with Crippen LogP contribution in [0.15, 0.2) is 22.6 Å². The average molecular weight is 252 g/mol. The molecule has 1 heterocycles. The molecule has 0 unspecified atom stereocenters. The molecule has 0 fully saturated rings. The van der Waals surface area contributed by atoms with E-state index in [1.165, 1.54) is 0 Å². The van der Waals surface area contributed by atoms with Crippen molar-refractivity contribution in [3.05, 3.63) is 34.5 Å². The van der Waals surface area contributed by atoms with E-state index in [9.17, 15) is 4.79 Å². The highest BCUT2D eigenvalue weighted by molar-refractivity contribution is 6.35. The maximum Gasteiger partial charge on any atom is 0.287 e. The summed E-state index contributed by atoms with van der Waals surface area (Å²) in [4.78, 5) is 11.9. The molecule has 2 rings (SSSR count). The number of halogens is 1. The van der Waals surface area contributed by atoms with Crippen molar-refractivity contribution < 1.29 is 9.21 Å². The first kappa shape index (κ1) is 12.0. The predicted octanol–water partition coefficient (Wildman–Crippen LogP) is 3.53. The first-order valence-corrected chi connectivity index (χ1v) is 5.87. The highest BCUT2D eigenvalue weighted by atomic mass is 35.5. The summed E-state index contributed by atoms with van der Waals surface area (Å²) in [7, 11) is 0. The van der Waals surface area contributed by atoms with Gasteiger partial charge in [-0.15, -0.1) is 0 Å². The lowest BCUT2D eigenvalue weighted by atomic mass is 10.1. The second-order valence-electron chi connectivity index (χ2n) is 4.30. The molecule has 3 nitrogen and oxygen atoms in total. The van der Waals surface area contributed by atoms with Crippen molar-refractivity contribution in [1.82, 2.24) is 5.32 Å². The molecule has 17 heavy (non-hydrogen) atoms. The number of carbonyl (C=O) groups is 1. The zero-order valence-corrected chi connectivity index (χ0v) is 10.8. The van der Waals surface area contributed by atoms with Gasteiger partial charge in [0, 0.05) is 17.0 Å². The van der Waals surface area contributed by atoms with Gasteiger partial charge in [-0.3, -0.25) is 4.79 Å². The Balaban J connectivity index is 2.52. The summed E-state index contributed by atoms with van der Waals surface area (Å²) in [5.41, 5.74) is 1.39. The molecule has 1 aromatic heterocycles. The SMILES string of the molecule is Cc1c(C(=O)NC(C)C)oc2c(Cl)cccc12. The molecule has 90 valence electrons. The predicted molar refractivity (Wildman–Crippen MR) is 68.6 cm³/mol. The molecule has 0 spiro atoms. The van der Waals surface area contributed by atoms with Crippen molar-refractivity contribution in [1.29, 1.82) is 0 Å². The maximum atomic E-state index is 11.9. The van der Waals surface area contributed by atoms with E-state index in [2.05, 4.69) is 5.32 Å². The van der Waals surface area contributed by atoms with Crippen LogP contribution < -0.4 is 5.32 Å². The number of benzene rings is 1. The average Bonchev–Trinajstić information content (AvgIpc) is 2.57. The quantitative estimate of drug-likeness (QED) is 0.887. The molecule has 0 aliphatic heterocycles. The van der Waals surface area contributed by atoms with Gasteiger partial charge in [-0.1, -0.05) is 23.7 Å². The summed E-state index contributed by atoms with van der Waals surface area (Å²) >= 11 is 6.03. The van der Waals surface area contributed by atoms with Crippen LogP contribution in [0.1, 0.15) is 30.0 Å². The Kier molecular flexibility index (Phi) is 3.11. The van der Waals surface area contributed by atoms with E-state index in [0.29, 0.717) is 16.4 Å². The van der Waals surface area contributed by atoms with Gasteiger partial charge in [-0.05, 0) is 26.8 Å². The molecule has 2 aromatic rings. The van der Waals surface area contributed by atoms with Crippen LogP contribution in [0.4, 0.5) is 0 Å². The number of nitrogens with one attached hydrogen (secondary N) is 1. The molecule has 1 aromatic carbocycles. The number of amides is 1. The topological polar surface area (TPSA) is 42.2 Å². The molecule has 4 heteroatoms. The Hall–Kier alpha value is -1.48. The lowest BCUT2D eigenvalue weighted by Gasteiger charge is -2.06. The summed E-state index contributed by atoms with van der Waals surface area (Å²) in [5.74, 6) is 0.131. The molecule has 0 saturated heterocycles. The van der Waals surface area contributed by atoms with Crippen molar-refractivity contribution >= 4 is 28.5 Å². The Morgan fingerprint density at radius 1 is 1.41 bits per heavy atom. The van der Waals surface area contributed by atoms with Gasteiger partial charge in [0.1, 0.15) is 0 Å². The fraction of sp³-hybridized carbons (Fsp3) is 0.308. The van der Waals surface area contributed by atoms with E-state index in [-0.39, 0.29) is 11.9 Å². The minimum Gasteiger partial charge on any atom is -0.449 e. The number of aryl methyl sites for hydroxylation is 1. The lowest BCUT2D eigenvalue weighted by molar-refractivity contribution is 0.0916. The van der Waals surface area contributed by atoms with Crippen LogP contribution in [0.25, 0.3) is 11.0 Å². The molecule has 0 bridgehead atoms. The third-order valence-corrected chi connectivity index (χ3v) is 2.84. The second-order valence-corrected chi connectivity index (χ2v) is 4.71. The van der Waals surface area contributed by atoms with Gasteiger partial charge in [-0.25, -0.2) is 0 Å². The third-order valence-electron chi connectivity index (χ3n) is 2.54. The largest absolute Gasteiger partial charge is 0.449 e. The number of furan rings is 1. The molecule has 0 radical (unpaired) electrons. The molecule has 0 atom stereocenters. The summed E-state index contributed by atoms with van der Waals surface area (Å²) in [6, 6.07) is 5.56. The minimum absolute atomic E-state index is 0.0746. The number of carbonyl (C=O) groups excluding carboxylic acids is 1. The van der Waals surface area contributed by atoms with Crippen molar-refractivity contribution in [2.24, 2.45) is 0 Å². The van der Waals surface area contributed by atoms with Gasteiger partial charge >= 0.3 is 0 Å².